The molecule has 17 heavy (non-hydrogen) atoms. The zero-order chi connectivity index (χ0) is 12.4. The third-order valence-electron chi connectivity index (χ3n) is 2.79. The molecule has 0 radical (unpaired) electrons. The quantitative estimate of drug-likeness (QED) is 0.843. The summed E-state index contributed by atoms with van der Waals surface area (Å²) in [5.41, 5.74) is 0.551. The van der Waals surface area contributed by atoms with Gasteiger partial charge in [0.1, 0.15) is 11.9 Å². The van der Waals surface area contributed by atoms with Crippen molar-refractivity contribution in [3.8, 4) is 0 Å². The Labute approximate surface area is 104 Å². The van der Waals surface area contributed by atoms with Gasteiger partial charge in [-0.25, -0.2) is 9.18 Å². The Hall–Kier alpha value is -1.29. The molecular weight excluding hydrogens is 245 g/mol. The normalized spacial score (nSPS) is 16.4. The topological polar surface area (TPSA) is 38.3 Å². The number of ether oxygens (including phenoxy) is 1. The van der Waals surface area contributed by atoms with Crippen LogP contribution in [-0.4, -0.2) is 19.1 Å². The molecule has 1 aromatic rings. The smallest absolute Gasteiger partial charge is 0.328 e. The van der Waals surface area contributed by atoms with Crippen LogP contribution in [0.3, 0.4) is 0 Å². The molecule has 92 valence electrons. The Bertz CT molecular complexity index is 435. The van der Waals surface area contributed by atoms with Gasteiger partial charge in [0.05, 0.1) is 17.8 Å². The van der Waals surface area contributed by atoms with E-state index in [4.69, 9.17) is 16.3 Å². The second kappa shape index (κ2) is 4.92. The zero-order valence-corrected chi connectivity index (χ0v) is 10.1. The number of benzene rings is 1. The lowest BCUT2D eigenvalue weighted by molar-refractivity contribution is -0.142. The highest BCUT2D eigenvalue weighted by molar-refractivity contribution is 6.33. The van der Waals surface area contributed by atoms with Crippen molar-refractivity contribution >= 4 is 23.3 Å². The lowest BCUT2D eigenvalue weighted by Crippen LogP contribution is -2.32. The SMILES string of the molecule is COC(=O)C(Nc1ccc(F)cc1Cl)C1CC1. The monoisotopic (exact) mass is 257 g/mol. The maximum absolute atomic E-state index is 12.9. The first kappa shape index (κ1) is 12.2. The average Bonchev–Trinajstić information content (AvgIpc) is 3.11. The minimum atomic E-state index is -0.401. The molecule has 1 saturated carbocycles. The molecule has 1 unspecified atom stereocenters. The van der Waals surface area contributed by atoms with Crippen LogP contribution < -0.4 is 5.32 Å². The number of rotatable bonds is 4. The molecule has 2 rings (SSSR count). The van der Waals surface area contributed by atoms with Gasteiger partial charge >= 0.3 is 5.97 Å². The van der Waals surface area contributed by atoms with Crippen LogP contribution in [0.15, 0.2) is 18.2 Å². The molecule has 1 aromatic carbocycles. The Morgan fingerprint density at radius 1 is 1.59 bits per heavy atom. The number of carbonyl (C=O) groups is 1. The fourth-order valence-electron chi connectivity index (χ4n) is 1.70. The largest absolute Gasteiger partial charge is 0.467 e. The van der Waals surface area contributed by atoms with E-state index < -0.39 is 11.9 Å². The molecular formula is C12H13ClFNO2. The van der Waals surface area contributed by atoms with Gasteiger partial charge in [0.15, 0.2) is 0 Å². The third-order valence-corrected chi connectivity index (χ3v) is 3.10. The van der Waals surface area contributed by atoms with Gasteiger partial charge in [-0.1, -0.05) is 11.6 Å². The molecule has 0 aromatic heterocycles. The summed E-state index contributed by atoms with van der Waals surface area (Å²) in [6, 6.07) is 3.64. The van der Waals surface area contributed by atoms with Crippen LogP contribution in [-0.2, 0) is 9.53 Å². The van der Waals surface area contributed by atoms with Crippen LogP contribution in [0.4, 0.5) is 10.1 Å². The lowest BCUT2D eigenvalue weighted by atomic mass is 10.1. The first-order valence-corrected chi connectivity index (χ1v) is 5.79. The number of nitrogens with one attached hydrogen (secondary N) is 1. The first-order valence-electron chi connectivity index (χ1n) is 5.41. The number of halogens is 2. The number of carbonyl (C=O) groups excluding carboxylic acids is 1. The molecule has 0 spiro atoms. The van der Waals surface area contributed by atoms with E-state index in [1.54, 1.807) is 0 Å². The van der Waals surface area contributed by atoms with E-state index >= 15 is 0 Å². The number of esters is 1. The van der Waals surface area contributed by atoms with Crippen LogP contribution >= 0.6 is 11.6 Å². The van der Waals surface area contributed by atoms with Crippen LogP contribution in [0.1, 0.15) is 12.8 Å². The molecule has 0 bridgehead atoms. The highest BCUT2D eigenvalue weighted by Crippen LogP contribution is 2.36. The standard InChI is InChI=1S/C12H13ClFNO2/c1-17-12(16)11(7-2-3-7)15-10-5-4-8(14)6-9(10)13/h4-7,11,15H,2-3H2,1H3. The van der Waals surface area contributed by atoms with Gasteiger partial charge in [0.2, 0.25) is 0 Å². The van der Waals surface area contributed by atoms with Gasteiger partial charge < -0.3 is 10.1 Å². The molecule has 0 saturated heterocycles. The van der Waals surface area contributed by atoms with E-state index in [0.29, 0.717) is 5.69 Å². The summed E-state index contributed by atoms with van der Waals surface area (Å²) in [7, 11) is 1.35. The summed E-state index contributed by atoms with van der Waals surface area (Å²) in [6.45, 7) is 0. The lowest BCUT2D eigenvalue weighted by Gasteiger charge is -2.17. The molecule has 1 fully saturated rings. The molecule has 0 heterocycles. The molecule has 1 N–H and O–H groups in total. The van der Waals surface area contributed by atoms with Crippen molar-refractivity contribution in [2.24, 2.45) is 5.92 Å². The number of hydrogen-bond acceptors (Lipinski definition) is 3. The summed E-state index contributed by atoms with van der Waals surface area (Å²) < 4.78 is 17.6. The highest BCUT2D eigenvalue weighted by atomic mass is 35.5. The Morgan fingerprint density at radius 2 is 2.29 bits per heavy atom. The fourth-order valence-corrected chi connectivity index (χ4v) is 1.92. The Kier molecular flexibility index (Phi) is 3.52. The molecule has 1 aliphatic carbocycles. The third kappa shape index (κ3) is 2.88. The summed E-state index contributed by atoms with van der Waals surface area (Å²) in [4.78, 5) is 11.6. The molecule has 3 nitrogen and oxygen atoms in total. The van der Waals surface area contributed by atoms with E-state index in [1.165, 1.54) is 25.3 Å². The summed E-state index contributed by atoms with van der Waals surface area (Å²) >= 11 is 5.89. The van der Waals surface area contributed by atoms with Crippen LogP contribution in [0, 0.1) is 11.7 Å². The number of anilines is 1. The van der Waals surface area contributed by atoms with E-state index in [-0.39, 0.29) is 16.9 Å². The second-order valence-electron chi connectivity index (χ2n) is 4.11. The number of methoxy groups -OCH3 is 1. The van der Waals surface area contributed by atoms with Gasteiger partial charge in [-0.3, -0.25) is 0 Å². The van der Waals surface area contributed by atoms with E-state index in [9.17, 15) is 9.18 Å². The van der Waals surface area contributed by atoms with Crippen molar-refractivity contribution in [2.45, 2.75) is 18.9 Å². The molecule has 1 atom stereocenters. The van der Waals surface area contributed by atoms with E-state index in [0.717, 1.165) is 12.8 Å². The predicted molar refractivity (Wildman–Crippen MR) is 63.6 cm³/mol. The van der Waals surface area contributed by atoms with Crippen molar-refractivity contribution in [1.29, 1.82) is 0 Å². The Morgan fingerprint density at radius 3 is 2.82 bits per heavy atom. The minimum absolute atomic E-state index is 0.263. The highest BCUT2D eigenvalue weighted by Gasteiger charge is 2.37. The molecule has 0 aliphatic heterocycles. The van der Waals surface area contributed by atoms with Crippen LogP contribution in [0.5, 0.6) is 0 Å². The average molecular weight is 258 g/mol. The van der Waals surface area contributed by atoms with E-state index in [2.05, 4.69) is 5.32 Å². The van der Waals surface area contributed by atoms with Gasteiger partial charge in [0, 0.05) is 0 Å². The number of hydrogen-bond donors (Lipinski definition) is 1. The van der Waals surface area contributed by atoms with Crippen LogP contribution in [0.2, 0.25) is 5.02 Å². The van der Waals surface area contributed by atoms with Crippen molar-refractivity contribution in [3.05, 3.63) is 29.0 Å². The summed E-state index contributed by atoms with van der Waals surface area (Å²) in [6.07, 6.45) is 1.98. The summed E-state index contributed by atoms with van der Waals surface area (Å²) in [5.74, 6) is -0.432. The zero-order valence-electron chi connectivity index (χ0n) is 9.37. The molecule has 5 heteroatoms. The predicted octanol–water partition coefficient (Wildman–Crippen LogP) is 2.84. The van der Waals surface area contributed by atoms with Gasteiger partial charge in [0.25, 0.3) is 0 Å². The maximum atomic E-state index is 12.9. The summed E-state index contributed by atoms with van der Waals surface area (Å²) in [5, 5.41) is 3.28. The molecule has 0 amide bonds. The van der Waals surface area contributed by atoms with E-state index in [1.807, 2.05) is 0 Å². The first-order chi connectivity index (χ1) is 8.11. The van der Waals surface area contributed by atoms with Gasteiger partial charge in [-0.05, 0) is 37.0 Å². The minimum Gasteiger partial charge on any atom is -0.467 e. The fraction of sp³-hybridized carbons (Fsp3) is 0.417. The second-order valence-corrected chi connectivity index (χ2v) is 4.51. The van der Waals surface area contributed by atoms with Crippen LogP contribution in [0.25, 0.3) is 0 Å². The van der Waals surface area contributed by atoms with Crippen molar-refractivity contribution in [1.82, 2.24) is 0 Å². The Balaban J connectivity index is 2.14. The maximum Gasteiger partial charge on any atom is 0.328 e. The van der Waals surface area contributed by atoms with Crippen molar-refractivity contribution in [3.63, 3.8) is 0 Å². The molecule has 1 aliphatic rings. The van der Waals surface area contributed by atoms with Gasteiger partial charge in [-0.15, -0.1) is 0 Å². The van der Waals surface area contributed by atoms with Gasteiger partial charge in [-0.2, -0.15) is 0 Å². The van der Waals surface area contributed by atoms with Crippen molar-refractivity contribution in [2.75, 3.05) is 12.4 Å². The van der Waals surface area contributed by atoms with Crippen molar-refractivity contribution < 1.29 is 13.9 Å².